The molecule has 28 heavy (non-hydrogen) atoms. The lowest BCUT2D eigenvalue weighted by molar-refractivity contribution is -0.119. The van der Waals surface area contributed by atoms with Gasteiger partial charge in [-0.05, 0) is 62.0 Å². The third-order valence-corrected chi connectivity index (χ3v) is 3.91. The van der Waals surface area contributed by atoms with Gasteiger partial charge in [-0.3, -0.25) is 25.2 Å². The van der Waals surface area contributed by atoms with Gasteiger partial charge in [0.1, 0.15) is 0 Å². The fourth-order valence-electron chi connectivity index (χ4n) is 2.33. The van der Waals surface area contributed by atoms with Crippen LogP contribution in [0.1, 0.15) is 46.0 Å². The zero-order valence-electron chi connectivity index (χ0n) is 15.7. The Morgan fingerprint density at radius 2 is 1.64 bits per heavy atom. The van der Waals surface area contributed by atoms with Gasteiger partial charge in [-0.25, -0.2) is 0 Å². The summed E-state index contributed by atoms with van der Waals surface area (Å²) in [5.74, 6) is -0.873. The van der Waals surface area contributed by atoms with E-state index in [4.69, 9.17) is 12.2 Å². The smallest absolute Gasteiger partial charge is 0.269 e. The molecule has 4 N–H and O–H groups in total. The zero-order valence-corrected chi connectivity index (χ0v) is 16.5. The highest BCUT2D eigenvalue weighted by atomic mass is 32.1. The molecule has 7 nitrogen and oxygen atoms in total. The van der Waals surface area contributed by atoms with Crippen LogP contribution in [-0.2, 0) is 4.79 Å². The van der Waals surface area contributed by atoms with Crippen molar-refractivity contribution < 1.29 is 14.4 Å². The zero-order chi connectivity index (χ0) is 20.5. The Balaban J connectivity index is 1.87. The van der Waals surface area contributed by atoms with E-state index in [-0.39, 0.29) is 16.9 Å². The molecule has 0 saturated carbocycles. The number of nitrogens with one attached hydrogen (secondary N) is 4. The van der Waals surface area contributed by atoms with Crippen molar-refractivity contribution in [3.05, 3.63) is 65.2 Å². The van der Waals surface area contributed by atoms with Gasteiger partial charge in [0.15, 0.2) is 5.11 Å². The number of thiocarbonyl (C=S) groups is 1. The monoisotopic (exact) mass is 398 g/mol. The molecular formula is C20H22N4O3S. The molecule has 0 aliphatic carbocycles. The van der Waals surface area contributed by atoms with Gasteiger partial charge in [-0.15, -0.1) is 0 Å². The third kappa shape index (κ3) is 6.48. The lowest BCUT2D eigenvalue weighted by Gasteiger charge is -2.11. The van der Waals surface area contributed by atoms with Crippen molar-refractivity contribution in [2.75, 3.05) is 5.32 Å². The van der Waals surface area contributed by atoms with Gasteiger partial charge < -0.3 is 10.6 Å². The summed E-state index contributed by atoms with van der Waals surface area (Å²) in [4.78, 5) is 35.8. The number of anilines is 1. The number of hydrazine groups is 1. The molecular weight excluding hydrogens is 376 g/mol. The number of aryl methyl sites for hydroxylation is 1. The molecule has 0 saturated heterocycles. The van der Waals surface area contributed by atoms with Crippen LogP contribution in [0.3, 0.4) is 0 Å². The second kappa shape index (κ2) is 10.2. The van der Waals surface area contributed by atoms with Gasteiger partial charge in [-0.2, -0.15) is 0 Å². The van der Waals surface area contributed by atoms with E-state index in [0.29, 0.717) is 29.7 Å². The summed E-state index contributed by atoms with van der Waals surface area (Å²) in [5, 5.41) is 5.26. The predicted molar refractivity (Wildman–Crippen MR) is 112 cm³/mol. The fourth-order valence-corrected chi connectivity index (χ4v) is 2.49. The first-order valence-electron chi connectivity index (χ1n) is 8.77. The van der Waals surface area contributed by atoms with Crippen LogP contribution in [0.25, 0.3) is 0 Å². The summed E-state index contributed by atoms with van der Waals surface area (Å²) < 4.78 is 0. The van der Waals surface area contributed by atoms with Crippen molar-refractivity contribution in [1.82, 2.24) is 16.2 Å². The van der Waals surface area contributed by atoms with E-state index >= 15 is 0 Å². The van der Waals surface area contributed by atoms with E-state index in [2.05, 4.69) is 21.5 Å². The predicted octanol–water partition coefficient (Wildman–Crippen LogP) is 2.68. The molecule has 0 aliphatic rings. The molecule has 0 spiro atoms. The van der Waals surface area contributed by atoms with E-state index in [0.717, 1.165) is 5.56 Å². The quantitative estimate of drug-likeness (QED) is 0.458. The lowest BCUT2D eigenvalue weighted by Crippen LogP contribution is -2.48. The van der Waals surface area contributed by atoms with Gasteiger partial charge in [0.25, 0.3) is 11.8 Å². The highest BCUT2D eigenvalue weighted by Gasteiger charge is 2.09. The summed E-state index contributed by atoms with van der Waals surface area (Å²) in [7, 11) is 0. The summed E-state index contributed by atoms with van der Waals surface area (Å²) in [6, 6.07) is 13.7. The molecule has 2 rings (SSSR count). The molecule has 3 amide bonds. The molecule has 2 aromatic rings. The van der Waals surface area contributed by atoms with E-state index in [1.54, 1.807) is 36.4 Å². The van der Waals surface area contributed by atoms with Crippen molar-refractivity contribution in [3.63, 3.8) is 0 Å². The Morgan fingerprint density at radius 1 is 0.929 bits per heavy atom. The average Bonchev–Trinajstić information content (AvgIpc) is 2.67. The van der Waals surface area contributed by atoms with Crippen LogP contribution in [-0.4, -0.2) is 22.8 Å². The summed E-state index contributed by atoms with van der Waals surface area (Å²) in [6.45, 7) is 3.80. The maximum Gasteiger partial charge on any atom is 0.269 e. The number of benzene rings is 2. The minimum absolute atomic E-state index is 0.0221. The number of hydrogen-bond donors (Lipinski definition) is 4. The van der Waals surface area contributed by atoms with Gasteiger partial charge in [-0.1, -0.05) is 24.6 Å². The number of amides is 3. The van der Waals surface area contributed by atoms with Crippen LogP contribution < -0.4 is 21.5 Å². The average molecular weight is 398 g/mol. The molecule has 0 heterocycles. The molecule has 8 heteroatoms. The normalized spacial score (nSPS) is 9.93. The molecule has 146 valence electrons. The summed E-state index contributed by atoms with van der Waals surface area (Å²) >= 11 is 4.93. The molecule has 0 aromatic heterocycles. The van der Waals surface area contributed by atoms with E-state index < -0.39 is 5.91 Å². The van der Waals surface area contributed by atoms with Crippen molar-refractivity contribution in [1.29, 1.82) is 0 Å². The molecule has 0 atom stereocenters. The first kappa shape index (κ1) is 21.0. The Hall–Kier alpha value is -3.26. The van der Waals surface area contributed by atoms with E-state index in [1.165, 1.54) is 0 Å². The van der Waals surface area contributed by atoms with Gasteiger partial charge in [0.2, 0.25) is 5.91 Å². The first-order valence-corrected chi connectivity index (χ1v) is 9.18. The summed E-state index contributed by atoms with van der Waals surface area (Å²) in [6.07, 6.45) is 1.05. The van der Waals surface area contributed by atoms with E-state index in [1.807, 2.05) is 26.0 Å². The fraction of sp³-hybridized carbons (Fsp3) is 0.200. The lowest BCUT2D eigenvalue weighted by atomic mass is 10.1. The highest BCUT2D eigenvalue weighted by molar-refractivity contribution is 7.80. The minimum atomic E-state index is -0.427. The van der Waals surface area contributed by atoms with Crippen LogP contribution >= 0.6 is 12.2 Å². The highest BCUT2D eigenvalue weighted by Crippen LogP contribution is 2.12. The Kier molecular flexibility index (Phi) is 7.65. The molecule has 0 radical (unpaired) electrons. The SMILES string of the molecule is CCCC(=O)NC(=S)NNC(=O)c1ccc(NC(=O)c2cccc(C)c2)cc1. The van der Waals surface area contributed by atoms with Gasteiger partial charge in [0, 0.05) is 23.2 Å². The maximum absolute atomic E-state index is 12.2. The molecule has 0 unspecified atom stereocenters. The van der Waals surface area contributed by atoms with Crippen molar-refractivity contribution in [2.24, 2.45) is 0 Å². The van der Waals surface area contributed by atoms with Gasteiger partial charge >= 0.3 is 0 Å². The number of rotatable bonds is 5. The molecule has 0 bridgehead atoms. The largest absolute Gasteiger partial charge is 0.322 e. The second-order valence-corrected chi connectivity index (χ2v) is 6.52. The van der Waals surface area contributed by atoms with Gasteiger partial charge in [0.05, 0.1) is 0 Å². The molecule has 0 fully saturated rings. The van der Waals surface area contributed by atoms with Crippen molar-refractivity contribution in [2.45, 2.75) is 26.7 Å². The van der Waals surface area contributed by atoms with Crippen LogP contribution in [0.15, 0.2) is 48.5 Å². The van der Waals surface area contributed by atoms with Crippen LogP contribution in [0.5, 0.6) is 0 Å². The molecule has 2 aromatic carbocycles. The standard InChI is InChI=1S/C20H22N4O3S/c1-3-5-17(25)22-20(28)24-23-19(27)14-8-10-16(11-9-14)21-18(26)15-7-4-6-13(2)12-15/h4,6-12H,3,5H2,1-2H3,(H,21,26)(H,23,27)(H2,22,24,25,28). The Labute approximate surface area is 168 Å². The van der Waals surface area contributed by atoms with Crippen LogP contribution in [0.4, 0.5) is 5.69 Å². The third-order valence-electron chi connectivity index (χ3n) is 3.70. The topological polar surface area (TPSA) is 99.3 Å². The van der Waals surface area contributed by atoms with Crippen LogP contribution in [0.2, 0.25) is 0 Å². The van der Waals surface area contributed by atoms with Crippen LogP contribution in [0, 0.1) is 6.92 Å². The second-order valence-electron chi connectivity index (χ2n) is 6.11. The Bertz CT molecular complexity index is 881. The number of hydrogen-bond acceptors (Lipinski definition) is 4. The van der Waals surface area contributed by atoms with Crippen molar-refractivity contribution in [3.8, 4) is 0 Å². The first-order chi connectivity index (χ1) is 13.4. The summed E-state index contributed by atoms with van der Waals surface area (Å²) in [5.41, 5.74) is 7.37. The van der Waals surface area contributed by atoms with E-state index in [9.17, 15) is 14.4 Å². The number of carbonyl (C=O) groups is 3. The molecule has 0 aliphatic heterocycles. The minimum Gasteiger partial charge on any atom is -0.322 e. The Morgan fingerprint density at radius 3 is 2.29 bits per heavy atom. The van der Waals surface area contributed by atoms with Crippen molar-refractivity contribution >= 4 is 40.7 Å². The maximum atomic E-state index is 12.2. The number of carbonyl (C=O) groups excluding carboxylic acids is 3.